The maximum Gasteiger partial charge on any atom is 0.231 e. The quantitative estimate of drug-likeness (QED) is 0.747. The van der Waals surface area contributed by atoms with Crippen LogP contribution in [0.3, 0.4) is 0 Å². The Hall–Kier alpha value is -3.28. The van der Waals surface area contributed by atoms with Crippen LogP contribution >= 0.6 is 0 Å². The summed E-state index contributed by atoms with van der Waals surface area (Å²) in [5.41, 5.74) is 1.77. The van der Waals surface area contributed by atoms with Crippen LogP contribution in [0.1, 0.15) is 49.3 Å². The fourth-order valence-corrected chi connectivity index (χ4v) is 3.84. The van der Waals surface area contributed by atoms with Crippen LogP contribution in [0.5, 0.6) is 11.5 Å². The molecule has 6 heteroatoms. The SMILES string of the molecule is C[C@H]1C/C=C\C[C@H](c2ccc3c(c2)OCO3)NC(=O)[C@H](c2ccccc2)CC(=O)N1. The molecule has 4 rings (SSSR count). The summed E-state index contributed by atoms with van der Waals surface area (Å²) in [4.78, 5) is 25.9. The van der Waals surface area contributed by atoms with E-state index in [4.69, 9.17) is 9.47 Å². The van der Waals surface area contributed by atoms with Crippen LogP contribution in [0.25, 0.3) is 0 Å². The van der Waals surface area contributed by atoms with Crippen LogP contribution in [0.2, 0.25) is 0 Å². The van der Waals surface area contributed by atoms with Crippen LogP contribution in [-0.2, 0) is 9.59 Å². The highest BCUT2D eigenvalue weighted by Crippen LogP contribution is 2.35. The number of fused-ring (bicyclic) bond motifs is 1. The molecule has 0 radical (unpaired) electrons. The van der Waals surface area contributed by atoms with Crippen molar-refractivity contribution in [2.24, 2.45) is 0 Å². The summed E-state index contributed by atoms with van der Waals surface area (Å²) in [7, 11) is 0. The Balaban J connectivity index is 1.65. The standard InChI is InChI=1S/C24H26N2O4/c1-16-7-5-6-10-20(18-11-12-21-22(13-18)30-15-29-21)26-24(28)19(14-23(27)25-16)17-8-3-2-4-9-17/h2-6,8-9,11-13,16,19-20H,7,10,14-15H2,1H3,(H,25,27)(H,26,28)/b6-5-/t16-,19-,20+/m0/s1. The van der Waals surface area contributed by atoms with Crippen molar-refractivity contribution in [1.82, 2.24) is 10.6 Å². The minimum atomic E-state index is -0.557. The third kappa shape index (κ3) is 4.64. The van der Waals surface area contributed by atoms with Gasteiger partial charge in [-0.05, 0) is 43.0 Å². The van der Waals surface area contributed by atoms with E-state index in [-0.39, 0.29) is 37.1 Å². The molecule has 2 aromatic rings. The van der Waals surface area contributed by atoms with Gasteiger partial charge in [-0.2, -0.15) is 0 Å². The van der Waals surface area contributed by atoms with Gasteiger partial charge in [0.15, 0.2) is 11.5 Å². The molecule has 6 nitrogen and oxygen atoms in total. The number of hydrogen-bond acceptors (Lipinski definition) is 4. The van der Waals surface area contributed by atoms with Gasteiger partial charge in [0.2, 0.25) is 18.6 Å². The van der Waals surface area contributed by atoms with Gasteiger partial charge < -0.3 is 20.1 Å². The van der Waals surface area contributed by atoms with E-state index in [1.807, 2.05) is 61.5 Å². The van der Waals surface area contributed by atoms with E-state index in [0.29, 0.717) is 17.9 Å². The van der Waals surface area contributed by atoms with Crippen molar-refractivity contribution in [2.75, 3.05) is 6.79 Å². The first-order valence-corrected chi connectivity index (χ1v) is 10.3. The smallest absolute Gasteiger partial charge is 0.231 e. The Morgan fingerprint density at radius 2 is 1.63 bits per heavy atom. The van der Waals surface area contributed by atoms with Gasteiger partial charge in [0.05, 0.1) is 12.0 Å². The monoisotopic (exact) mass is 406 g/mol. The average Bonchev–Trinajstić information content (AvgIpc) is 3.21. The molecule has 0 saturated heterocycles. The Kier molecular flexibility index (Phi) is 6.02. The van der Waals surface area contributed by atoms with Crippen LogP contribution in [-0.4, -0.2) is 24.6 Å². The van der Waals surface area contributed by atoms with E-state index in [2.05, 4.69) is 16.7 Å². The number of carbonyl (C=O) groups excluding carboxylic acids is 2. The lowest BCUT2D eigenvalue weighted by Crippen LogP contribution is -2.38. The molecular weight excluding hydrogens is 380 g/mol. The molecule has 0 fully saturated rings. The van der Waals surface area contributed by atoms with Gasteiger partial charge in [0.1, 0.15) is 0 Å². The molecule has 3 atom stereocenters. The maximum absolute atomic E-state index is 13.3. The fraction of sp³-hybridized carbons (Fsp3) is 0.333. The lowest BCUT2D eigenvalue weighted by atomic mass is 9.92. The van der Waals surface area contributed by atoms with Gasteiger partial charge >= 0.3 is 0 Å². The van der Waals surface area contributed by atoms with Crippen molar-refractivity contribution in [3.05, 3.63) is 71.8 Å². The summed E-state index contributed by atoms with van der Waals surface area (Å²) in [6, 6.07) is 15.0. The lowest BCUT2D eigenvalue weighted by Gasteiger charge is -2.24. The molecule has 156 valence electrons. The Labute approximate surface area is 176 Å². The predicted octanol–water partition coefficient (Wildman–Crippen LogP) is 3.60. The van der Waals surface area contributed by atoms with E-state index < -0.39 is 5.92 Å². The zero-order valence-corrected chi connectivity index (χ0v) is 17.0. The molecule has 0 aromatic heterocycles. The zero-order chi connectivity index (χ0) is 20.9. The number of ether oxygens (including phenoxy) is 2. The van der Waals surface area contributed by atoms with Crippen molar-refractivity contribution in [3.8, 4) is 11.5 Å². The summed E-state index contributed by atoms with van der Waals surface area (Å²) >= 11 is 0. The first kappa shape index (κ1) is 20.0. The summed E-state index contributed by atoms with van der Waals surface area (Å²) in [5, 5.41) is 6.14. The first-order chi connectivity index (χ1) is 14.6. The normalized spacial score (nSPS) is 25.4. The van der Waals surface area contributed by atoms with Gasteiger partial charge in [-0.1, -0.05) is 48.6 Å². The molecule has 0 spiro atoms. The number of amides is 2. The number of rotatable bonds is 2. The molecule has 30 heavy (non-hydrogen) atoms. The number of benzene rings is 2. The third-order valence-corrected chi connectivity index (χ3v) is 5.46. The highest BCUT2D eigenvalue weighted by Gasteiger charge is 2.27. The highest BCUT2D eigenvalue weighted by atomic mass is 16.7. The summed E-state index contributed by atoms with van der Waals surface area (Å²) in [5.74, 6) is 0.546. The van der Waals surface area contributed by atoms with Gasteiger partial charge in [0.25, 0.3) is 0 Å². The summed E-state index contributed by atoms with van der Waals surface area (Å²) < 4.78 is 10.9. The molecule has 2 amide bonds. The molecule has 2 heterocycles. The average molecular weight is 406 g/mol. The van der Waals surface area contributed by atoms with Crippen molar-refractivity contribution in [3.63, 3.8) is 0 Å². The van der Waals surface area contributed by atoms with Gasteiger partial charge in [-0.3, -0.25) is 9.59 Å². The van der Waals surface area contributed by atoms with Crippen LogP contribution in [0.4, 0.5) is 0 Å². The molecule has 2 aliphatic heterocycles. The van der Waals surface area contributed by atoms with Crippen molar-refractivity contribution in [2.45, 2.75) is 44.2 Å². The Morgan fingerprint density at radius 3 is 2.47 bits per heavy atom. The van der Waals surface area contributed by atoms with Gasteiger partial charge in [-0.25, -0.2) is 0 Å². The minimum Gasteiger partial charge on any atom is -0.454 e. The zero-order valence-electron chi connectivity index (χ0n) is 17.0. The van der Waals surface area contributed by atoms with E-state index in [9.17, 15) is 9.59 Å². The number of hydrogen-bond donors (Lipinski definition) is 2. The highest BCUT2D eigenvalue weighted by molar-refractivity contribution is 5.90. The summed E-state index contributed by atoms with van der Waals surface area (Å²) in [6.45, 7) is 2.18. The van der Waals surface area contributed by atoms with E-state index in [1.165, 1.54) is 0 Å². The maximum atomic E-state index is 13.3. The van der Waals surface area contributed by atoms with Gasteiger partial charge in [0, 0.05) is 12.5 Å². The molecule has 2 aliphatic rings. The molecule has 0 aliphatic carbocycles. The van der Waals surface area contributed by atoms with Crippen LogP contribution in [0.15, 0.2) is 60.7 Å². The topological polar surface area (TPSA) is 76.7 Å². The molecular formula is C24H26N2O4. The third-order valence-electron chi connectivity index (χ3n) is 5.46. The molecule has 0 bridgehead atoms. The lowest BCUT2D eigenvalue weighted by molar-refractivity contribution is -0.128. The van der Waals surface area contributed by atoms with E-state index in [1.54, 1.807) is 0 Å². The number of carbonyl (C=O) groups is 2. The minimum absolute atomic E-state index is 0.0108. The van der Waals surface area contributed by atoms with E-state index >= 15 is 0 Å². The second-order valence-corrected chi connectivity index (χ2v) is 7.75. The summed E-state index contributed by atoms with van der Waals surface area (Å²) in [6.07, 6.45) is 5.60. The molecule has 2 N–H and O–H groups in total. The second-order valence-electron chi connectivity index (χ2n) is 7.75. The van der Waals surface area contributed by atoms with Crippen LogP contribution in [0, 0.1) is 0 Å². The predicted molar refractivity (Wildman–Crippen MR) is 113 cm³/mol. The largest absolute Gasteiger partial charge is 0.454 e. The Morgan fingerprint density at radius 1 is 0.867 bits per heavy atom. The van der Waals surface area contributed by atoms with Gasteiger partial charge in [-0.15, -0.1) is 0 Å². The van der Waals surface area contributed by atoms with Crippen molar-refractivity contribution in [1.29, 1.82) is 0 Å². The Bertz CT molecular complexity index is 941. The van der Waals surface area contributed by atoms with Crippen LogP contribution < -0.4 is 20.1 Å². The second kappa shape index (κ2) is 9.03. The first-order valence-electron chi connectivity index (χ1n) is 10.3. The molecule has 2 aromatic carbocycles. The van der Waals surface area contributed by atoms with E-state index in [0.717, 1.165) is 17.5 Å². The molecule has 0 saturated carbocycles. The van der Waals surface area contributed by atoms with Crippen molar-refractivity contribution >= 4 is 11.8 Å². The molecule has 0 unspecified atom stereocenters. The van der Waals surface area contributed by atoms with Crippen molar-refractivity contribution < 1.29 is 19.1 Å². The fourth-order valence-electron chi connectivity index (χ4n) is 3.84. The number of nitrogens with one attached hydrogen (secondary N) is 2.